The first-order valence-corrected chi connectivity index (χ1v) is 12.6. The predicted octanol–water partition coefficient (Wildman–Crippen LogP) is 5.36. The number of amides is 3. The van der Waals surface area contributed by atoms with Gasteiger partial charge in [0, 0.05) is 48.1 Å². The van der Waals surface area contributed by atoms with E-state index in [1.165, 1.54) is 12.1 Å². The lowest BCUT2D eigenvalue weighted by Crippen LogP contribution is -2.54. The van der Waals surface area contributed by atoms with E-state index in [0.29, 0.717) is 36.2 Å². The Balaban J connectivity index is 1.37. The van der Waals surface area contributed by atoms with E-state index >= 15 is 0 Å². The maximum atomic E-state index is 13.7. The van der Waals surface area contributed by atoms with E-state index < -0.39 is 11.7 Å². The molecule has 1 spiro atoms. The van der Waals surface area contributed by atoms with Crippen molar-refractivity contribution in [1.29, 1.82) is 0 Å². The Morgan fingerprint density at radius 1 is 1.00 bits per heavy atom. The standard InChI is InChI=1S/C30H30FN3O3/c1-20-9-12-23(31)18-25(20)28(36)32-24-13-10-21(11-14-24)29(37)34-17-16-30(15-5-8-27(35)33(30)2)19-22-6-3-4-7-26(22)34/h3-4,6-7,9-14,18H,5,8,15-17,19H2,1-2H3,(H,32,36). The van der Waals surface area contributed by atoms with Crippen molar-refractivity contribution < 1.29 is 18.8 Å². The Morgan fingerprint density at radius 2 is 1.76 bits per heavy atom. The molecule has 1 N–H and O–H groups in total. The van der Waals surface area contributed by atoms with Gasteiger partial charge in [0.15, 0.2) is 0 Å². The Kier molecular flexibility index (Phi) is 6.54. The number of halogens is 1. The van der Waals surface area contributed by atoms with Gasteiger partial charge in [-0.15, -0.1) is 0 Å². The first-order valence-electron chi connectivity index (χ1n) is 12.6. The summed E-state index contributed by atoms with van der Waals surface area (Å²) in [5.74, 6) is -0.850. The molecule has 3 aromatic carbocycles. The number of aryl methyl sites for hydroxylation is 1. The summed E-state index contributed by atoms with van der Waals surface area (Å²) < 4.78 is 13.6. The molecule has 2 heterocycles. The number of likely N-dealkylation sites (tertiary alicyclic amines) is 1. The zero-order valence-corrected chi connectivity index (χ0v) is 21.1. The van der Waals surface area contributed by atoms with E-state index in [1.807, 2.05) is 36.2 Å². The molecule has 1 atom stereocenters. The second kappa shape index (κ2) is 9.81. The van der Waals surface area contributed by atoms with Gasteiger partial charge in [-0.05, 0) is 86.2 Å². The zero-order valence-electron chi connectivity index (χ0n) is 21.1. The minimum absolute atomic E-state index is 0.131. The van der Waals surface area contributed by atoms with Crippen molar-refractivity contribution in [3.05, 3.63) is 94.8 Å². The summed E-state index contributed by atoms with van der Waals surface area (Å²) in [5, 5.41) is 2.78. The largest absolute Gasteiger partial charge is 0.340 e. The molecule has 0 aliphatic carbocycles. The van der Waals surface area contributed by atoms with Crippen LogP contribution >= 0.6 is 0 Å². The van der Waals surface area contributed by atoms with Crippen molar-refractivity contribution >= 4 is 29.1 Å². The Hall–Kier alpha value is -4.00. The highest BCUT2D eigenvalue weighted by atomic mass is 19.1. The second-order valence-electron chi connectivity index (χ2n) is 10.0. The van der Waals surface area contributed by atoms with Crippen LogP contribution in [0.5, 0.6) is 0 Å². The fraction of sp³-hybridized carbons (Fsp3) is 0.300. The summed E-state index contributed by atoms with van der Waals surface area (Å²) in [6, 6.07) is 18.8. The van der Waals surface area contributed by atoms with E-state index in [0.717, 1.165) is 30.5 Å². The monoisotopic (exact) mass is 499 g/mol. The summed E-state index contributed by atoms with van der Waals surface area (Å²) >= 11 is 0. The van der Waals surface area contributed by atoms with Crippen molar-refractivity contribution in [3.8, 4) is 0 Å². The molecule has 37 heavy (non-hydrogen) atoms. The predicted molar refractivity (Wildman–Crippen MR) is 141 cm³/mol. The molecule has 3 amide bonds. The SMILES string of the molecule is Cc1ccc(F)cc1C(=O)Nc1ccc(C(=O)N2CCC3(CCCC(=O)N3C)Cc3ccccc32)cc1. The molecule has 0 saturated carbocycles. The number of carbonyl (C=O) groups is 3. The van der Waals surface area contributed by atoms with Gasteiger partial charge >= 0.3 is 0 Å². The third-order valence-corrected chi connectivity index (χ3v) is 7.80. The summed E-state index contributed by atoms with van der Waals surface area (Å²) in [6.07, 6.45) is 3.78. The fourth-order valence-electron chi connectivity index (χ4n) is 5.58. The number of carbonyl (C=O) groups excluding carboxylic acids is 3. The number of anilines is 2. The quantitative estimate of drug-likeness (QED) is 0.528. The van der Waals surface area contributed by atoms with Gasteiger partial charge in [-0.1, -0.05) is 24.3 Å². The first kappa shape index (κ1) is 24.7. The molecule has 0 bridgehead atoms. The molecule has 3 aromatic rings. The van der Waals surface area contributed by atoms with Gasteiger partial charge in [0.25, 0.3) is 11.8 Å². The number of para-hydroxylation sites is 1. The Labute approximate surface area is 216 Å². The van der Waals surface area contributed by atoms with Crippen LogP contribution < -0.4 is 10.2 Å². The van der Waals surface area contributed by atoms with E-state index in [-0.39, 0.29) is 22.9 Å². The highest BCUT2D eigenvalue weighted by Gasteiger charge is 2.43. The minimum atomic E-state index is -0.472. The molecular weight excluding hydrogens is 469 g/mol. The van der Waals surface area contributed by atoms with Gasteiger partial charge in [-0.3, -0.25) is 14.4 Å². The van der Waals surface area contributed by atoms with Crippen LogP contribution in [0.1, 0.15) is 57.5 Å². The lowest BCUT2D eigenvalue weighted by atomic mass is 9.79. The number of hydrogen-bond acceptors (Lipinski definition) is 3. The number of nitrogens with zero attached hydrogens (tertiary/aromatic N) is 2. The maximum absolute atomic E-state index is 13.7. The van der Waals surface area contributed by atoms with Crippen LogP contribution in [-0.4, -0.2) is 41.8 Å². The molecule has 1 fully saturated rings. The van der Waals surface area contributed by atoms with Gasteiger partial charge in [-0.2, -0.15) is 0 Å². The number of benzene rings is 3. The van der Waals surface area contributed by atoms with Crippen LogP contribution in [0, 0.1) is 12.7 Å². The highest BCUT2D eigenvalue weighted by Crippen LogP contribution is 2.40. The number of piperidine rings is 1. The Bertz CT molecular complexity index is 1370. The third kappa shape index (κ3) is 4.73. The van der Waals surface area contributed by atoms with Gasteiger partial charge in [0.1, 0.15) is 5.82 Å². The van der Waals surface area contributed by atoms with Crippen LogP contribution in [0.3, 0.4) is 0 Å². The molecule has 2 aliphatic rings. The fourth-order valence-corrected chi connectivity index (χ4v) is 5.58. The molecule has 5 rings (SSSR count). The number of nitrogens with one attached hydrogen (secondary N) is 1. The number of hydrogen-bond donors (Lipinski definition) is 1. The molecular formula is C30H30FN3O3. The van der Waals surface area contributed by atoms with Crippen molar-refractivity contribution in [2.24, 2.45) is 0 Å². The van der Waals surface area contributed by atoms with E-state index in [2.05, 4.69) is 5.32 Å². The van der Waals surface area contributed by atoms with Gasteiger partial charge < -0.3 is 15.1 Å². The summed E-state index contributed by atoms with van der Waals surface area (Å²) in [7, 11) is 1.89. The molecule has 0 aromatic heterocycles. The zero-order chi connectivity index (χ0) is 26.2. The third-order valence-electron chi connectivity index (χ3n) is 7.80. The average molecular weight is 500 g/mol. The second-order valence-corrected chi connectivity index (χ2v) is 10.0. The van der Waals surface area contributed by atoms with Crippen LogP contribution in [0.25, 0.3) is 0 Å². The van der Waals surface area contributed by atoms with E-state index in [9.17, 15) is 18.8 Å². The van der Waals surface area contributed by atoms with Crippen LogP contribution in [-0.2, 0) is 11.2 Å². The average Bonchev–Trinajstić information content (AvgIpc) is 3.06. The topological polar surface area (TPSA) is 69.7 Å². The highest BCUT2D eigenvalue weighted by molar-refractivity contribution is 6.08. The molecule has 1 saturated heterocycles. The van der Waals surface area contributed by atoms with Crippen molar-refractivity contribution in [2.45, 2.75) is 44.6 Å². The number of rotatable bonds is 3. The smallest absolute Gasteiger partial charge is 0.258 e. The molecule has 0 radical (unpaired) electrons. The van der Waals surface area contributed by atoms with Crippen molar-refractivity contribution in [2.75, 3.05) is 23.8 Å². The summed E-state index contributed by atoms with van der Waals surface area (Å²) in [6.45, 7) is 2.26. The Morgan fingerprint density at radius 3 is 2.54 bits per heavy atom. The molecule has 6 nitrogen and oxygen atoms in total. The molecule has 2 aliphatic heterocycles. The van der Waals surface area contributed by atoms with Crippen LogP contribution in [0.4, 0.5) is 15.8 Å². The summed E-state index contributed by atoms with van der Waals surface area (Å²) in [5.41, 5.74) is 3.60. The number of likely N-dealkylation sites (N-methyl/N-ethyl adjacent to an activating group) is 1. The van der Waals surface area contributed by atoms with Crippen LogP contribution in [0.15, 0.2) is 66.7 Å². The van der Waals surface area contributed by atoms with Crippen molar-refractivity contribution in [1.82, 2.24) is 4.90 Å². The van der Waals surface area contributed by atoms with Crippen molar-refractivity contribution in [3.63, 3.8) is 0 Å². The van der Waals surface area contributed by atoms with Gasteiger partial charge in [-0.25, -0.2) is 4.39 Å². The van der Waals surface area contributed by atoms with Gasteiger partial charge in [0.2, 0.25) is 5.91 Å². The molecule has 1 unspecified atom stereocenters. The van der Waals surface area contributed by atoms with Crippen LogP contribution in [0.2, 0.25) is 0 Å². The van der Waals surface area contributed by atoms with E-state index in [4.69, 9.17) is 0 Å². The first-order chi connectivity index (χ1) is 17.8. The van der Waals surface area contributed by atoms with E-state index in [1.54, 1.807) is 42.2 Å². The lowest BCUT2D eigenvalue weighted by molar-refractivity contribution is -0.139. The minimum Gasteiger partial charge on any atom is -0.340 e. The molecule has 7 heteroatoms. The molecule has 190 valence electrons. The summed E-state index contributed by atoms with van der Waals surface area (Å²) in [4.78, 5) is 42.6. The lowest BCUT2D eigenvalue weighted by Gasteiger charge is -2.45. The van der Waals surface area contributed by atoms with Gasteiger partial charge in [0.05, 0.1) is 0 Å². The number of fused-ring (bicyclic) bond motifs is 1. The normalized spacial score (nSPS) is 19.4. The maximum Gasteiger partial charge on any atom is 0.258 e.